The van der Waals surface area contributed by atoms with Crippen LogP contribution in [0.5, 0.6) is 0 Å². The van der Waals surface area contributed by atoms with E-state index in [1.807, 2.05) is 17.6 Å². The zero-order valence-electron chi connectivity index (χ0n) is 17.4. The highest BCUT2D eigenvalue weighted by Crippen LogP contribution is 2.29. The van der Waals surface area contributed by atoms with E-state index in [2.05, 4.69) is 10.3 Å². The number of hydrogen-bond acceptors (Lipinski definition) is 5. The van der Waals surface area contributed by atoms with Crippen molar-refractivity contribution in [2.24, 2.45) is 7.05 Å². The Bertz CT molecular complexity index is 1140. The minimum atomic E-state index is -0.999. The summed E-state index contributed by atoms with van der Waals surface area (Å²) < 4.78 is 3.38. The molecule has 0 amide bonds. The van der Waals surface area contributed by atoms with Crippen LogP contribution >= 0.6 is 0 Å². The Morgan fingerprint density at radius 2 is 1.93 bits per heavy atom. The summed E-state index contributed by atoms with van der Waals surface area (Å²) in [6.45, 7) is 2.03. The first-order valence-corrected chi connectivity index (χ1v) is 10.6. The summed E-state index contributed by atoms with van der Waals surface area (Å²) in [5.41, 5.74) is 2.24. The van der Waals surface area contributed by atoms with Gasteiger partial charge in [0, 0.05) is 30.7 Å². The number of nitrogens with zero attached hydrogens (tertiary/aromatic N) is 4. The Hall–Kier alpha value is -3.16. The predicted molar refractivity (Wildman–Crippen MR) is 116 cm³/mol. The van der Waals surface area contributed by atoms with Crippen LogP contribution in [0.15, 0.2) is 29.2 Å². The standard InChI is InChI=1S/C22H27N5O3/c1-3-17-16-10-11-19(28)27(15-8-6-4-5-7-9-15)20(16)25-22(24-17)23-14-12-18(21(29)30)26(2)13-14/h10-13,15H,3-9H2,1-2H3,(H,29,30)(H,23,24,25). The Kier molecular flexibility index (Phi) is 5.57. The molecule has 4 rings (SSSR count). The van der Waals surface area contributed by atoms with Gasteiger partial charge in [-0.15, -0.1) is 0 Å². The van der Waals surface area contributed by atoms with Crippen LogP contribution in [0.4, 0.5) is 11.6 Å². The van der Waals surface area contributed by atoms with Gasteiger partial charge >= 0.3 is 5.97 Å². The second-order valence-corrected chi connectivity index (χ2v) is 7.93. The number of rotatable bonds is 5. The van der Waals surface area contributed by atoms with Gasteiger partial charge in [0.05, 0.1) is 11.4 Å². The molecule has 0 bridgehead atoms. The lowest BCUT2D eigenvalue weighted by Crippen LogP contribution is -2.25. The average molecular weight is 409 g/mol. The molecule has 0 radical (unpaired) electrons. The van der Waals surface area contributed by atoms with Crippen molar-refractivity contribution >= 4 is 28.6 Å². The number of aromatic carboxylic acids is 1. The molecule has 1 aliphatic carbocycles. The van der Waals surface area contributed by atoms with E-state index in [9.17, 15) is 14.7 Å². The molecule has 1 fully saturated rings. The molecule has 0 unspecified atom stereocenters. The normalized spacial score (nSPS) is 15.3. The number of carbonyl (C=O) groups is 1. The SMILES string of the molecule is CCc1nc(Nc2cc(C(=O)O)n(C)c2)nc2c1ccc(=O)n2C1CCCCCC1. The maximum atomic E-state index is 12.9. The summed E-state index contributed by atoms with van der Waals surface area (Å²) in [6.07, 6.45) is 8.99. The fourth-order valence-electron chi connectivity index (χ4n) is 4.37. The predicted octanol–water partition coefficient (Wildman–Crippen LogP) is 4.03. The quantitative estimate of drug-likeness (QED) is 0.617. The number of hydrogen-bond donors (Lipinski definition) is 2. The van der Waals surface area contributed by atoms with Crippen molar-refractivity contribution in [2.45, 2.75) is 57.9 Å². The van der Waals surface area contributed by atoms with Gasteiger partial charge in [-0.05, 0) is 31.4 Å². The number of aryl methyl sites for hydroxylation is 2. The van der Waals surface area contributed by atoms with Gasteiger partial charge in [-0.25, -0.2) is 9.78 Å². The largest absolute Gasteiger partial charge is 0.477 e. The fourth-order valence-corrected chi connectivity index (χ4v) is 4.37. The molecule has 0 atom stereocenters. The first-order valence-electron chi connectivity index (χ1n) is 10.6. The molecule has 0 aromatic carbocycles. The van der Waals surface area contributed by atoms with Crippen LogP contribution in [-0.2, 0) is 13.5 Å². The van der Waals surface area contributed by atoms with Crippen molar-refractivity contribution in [3.63, 3.8) is 0 Å². The maximum absolute atomic E-state index is 12.9. The van der Waals surface area contributed by atoms with Crippen molar-refractivity contribution in [3.8, 4) is 0 Å². The number of fused-ring (bicyclic) bond motifs is 1. The lowest BCUT2D eigenvalue weighted by molar-refractivity contribution is 0.0686. The number of carboxylic acid groups (broad SMARTS) is 1. The zero-order chi connectivity index (χ0) is 21.3. The van der Waals surface area contributed by atoms with E-state index in [1.165, 1.54) is 17.4 Å². The van der Waals surface area contributed by atoms with Crippen LogP contribution in [-0.4, -0.2) is 30.2 Å². The Labute approximate surface area is 174 Å². The lowest BCUT2D eigenvalue weighted by Gasteiger charge is -2.20. The number of aromatic nitrogens is 4. The van der Waals surface area contributed by atoms with Gasteiger partial charge in [-0.2, -0.15) is 4.98 Å². The van der Waals surface area contributed by atoms with Gasteiger partial charge in [0.15, 0.2) is 0 Å². The molecule has 8 nitrogen and oxygen atoms in total. The topological polar surface area (TPSA) is 102 Å². The highest BCUT2D eigenvalue weighted by Gasteiger charge is 2.20. The molecule has 0 saturated heterocycles. The van der Waals surface area contributed by atoms with Gasteiger partial charge in [0.25, 0.3) is 5.56 Å². The van der Waals surface area contributed by atoms with Gasteiger partial charge in [-0.1, -0.05) is 32.6 Å². The summed E-state index contributed by atoms with van der Waals surface area (Å²) in [4.78, 5) is 33.5. The third-order valence-corrected chi connectivity index (χ3v) is 5.87. The number of anilines is 2. The van der Waals surface area contributed by atoms with Gasteiger partial charge in [-0.3, -0.25) is 9.36 Å². The van der Waals surface area contributed by atoms with Crippen LogP contribution in [0.3, 0.4) is 0 Å². The minimum absolute atomic E-state index is 0.0334. The summed E-state index contributed by atoms with van der Waals surface area (Å²) in [5.74, 6) is -0.628. The molecular formula is C22H27N5O3. The molecule has 3 heterocycles. The molecule has 0 aliphatic heterocycles. The van der Waals surface area contributed by atoms with Crippen molar-refractivity contribution in [3.05, 3.63) is 46.1 Å². The smallest absolute Gasteiger partial charge is 0.352 e. The van der Waals surface area contributed by atoms with Crippen LogP contribution in [0.2, 0.25) is 0 Å². The summed E-state index contributed by atoms with van der Waals surface area (Å²) in [7, 11) is 1.68. The summed E-state index contributed by atoms with van der Waals surface area (Å²) in [5, 5.41) is 13.3. The maximum Gasteiger partial charge on any atom is 0.352 e. The third-order valence-electron chi connectivity index (χ3n) is 5.87. The number of carboxylic acids is 1. The van der Waals surface area contributed by atoms with Crippen molar-refractivity contribution in [1.82, 2.24) is 19.1 Å². The molecule has 30 heavy (non-hydrogen) atoms. The summed E-state index contributed by atoms with van der Waals surface area (Å²) >= 11 is 0. The zero-order valence-corrected chi connectivity index (χ0v) is 17.4. The Morgan fingerprint density at radius 1 is 1.20 bits per heavy atom. The van der Waals surface area contributed by atoms with E-state index in [0.29, 0.717) is 23.7 Å². The third kappa shape index (κ3) is 3.81. The van der Waals surface area contributed by atoms with Crippen LogP contribution in [0.1, 0.15) is 67.7 Å². The summed E-state index contributed by atoms with van der Waals surface area (Å²) in [6, 6.07) is 5.13. The second-order valence-electron chi connectivity index (χ2n) is 7.93. The number of nitrogens with one attached hydrogen (secondary N) is 1. The Balaban J connectivity index is 1.81. The van der Waals surface area contributed by atoms with Gasteiger partial charge in [0.2, 0.25) is 5.95 Å². The molecule has 2 N–H and O–H groups in total. The molecule has 1 saturated carbocycles. The first kappa shape index (κ1) is 20.1. The molecule has 8 heteroatoms. The van der Waals surface area contributed by atoms with Crippen molar-refractivity contribution < 1.29 is 9.90 Å². The van der Waals surface area contributed by atoms with Crippen LogP contribution in [0, 0.1) is 0 Å². The monoisotopic (exact) mass is 409 g/mol. The number of pyridine rings is 1. The average Bonchev–Trinajstić information content (AvgIpc) is 2.90. The highest BCUT2D eigenvalue weighted by atomic mass is 16.4. The minimum Gasteiger partial charge on any atom is -0.477 e. The van der Waals surface area contributed by atoms with E-state index < -0.39 is 5.97 Å². The van der Waals surface area contributed by atoms with Crippen molar-refractivity contribution in [1.29, 1.82) is 0 Å². The van der Waals surface area contributed by atoms with E-state index in [0.717, 1.165) is 36.8 Å². The lowest BCUT2D eigenvalue weighted by atomic mass is 10.1. The molecule has 1 aliphatic rings. The highest BCUT2D eigenvalue weighted by molar-refractivity contribution is 5.87. The Morgan fingerprint density at radius 3 is 2.57 bits per heavy atom. The van der Waals surface area contributed by atoms with E-state index >= 15 is 0 Å². The molecule has 0 spiro atoms. The molecular weight excluding hydrogens is 382 g/mol. The van der Waals surface area contributed by atoms with Crippen LogP contribution in [0.25, 0.3) is 11.0 Å². The van der Waals surface area contributed by atoms with Gasteiger partial charge < -0.3 is 15.0 Å². The van der Waals surface area contributed by atoms with E-state index in [-0.39, 0.29) is 17.3 Å². The van der Waals surface area contributed by atoms with E-state index in [4.69, 9.17) is 4.98 Å². The van der Waals surface area contributed by atoms with E-state index in [1.54, 1.807) is 25.4 Å². The van der Waals surface area contributed by atoms with Crippen molar-refractivity contribution in [2.75, 3.05) is 5.32 Å². The molecule has 3 aromatic heterocycles. The van der Waals surface area contributed by atoms with Crippen LogP contribution < -0.4 is 10.9 Å². The molecule has 158 valence electrons. The van der Waals surface area contributed by atoms with Gasteiger partial charge in [0.1, 0.15) is 11.3 Å². The molecule has 3 aromatic rings. The fraction of sp³-hybridized carbons (Fsp3) is 0.455. The first-order chi connectivity index (χ1) is 14.5. The second kappa shape index (κ2) is 8.30.